The molecule has 1 saturated heterocycles. The molecule has 0 bridgehead atoms. The molecule has 6 heteroatoms. The second-order valence-corrected chi connectivity index (χ2v) is 6.99. The zero-order chi connectivity index (χ0) is 19.8. The van der Waals surface area contributed by atoms with Crippen LogP contribution in [0.1, 0.15) is 17.5 Å². The molecule has 1 heterocycles. The van der Waals surface area contributed by atoms with Crippen molar-refractivity contribution in [2.45, 2.75) is 25.5 Å². The van der Waals surface area contributed by atoms with Gasteiger partial charge in [-0.1, -0.05) is 36.4 Å². The van der Waals surface area contributed by atoms with Gasteiger partial charge < -0.3 is 14.8 Å². The molecular weight excluding hydrogens is 359 g/mol. The van der Waals surface area contributed by atoms with E-state index < -0.39 is 5.82 Å². The fourth-order valence-electron chi connectivity index (χ4n) is 3.33. The fourth-order valence-corrected chi connectivity index (χ4v) is 3.33. The maximum absolute atomic E-state index is 13.7. The van der Waals surface area contributed by atoms with Crippen molar-refractivity contribution >= 4 is 5.91 Å². The number of ether oxygens (including phenoxy) is 2. The standard InChI is InChI=1S/C22H27FN2O3/c1-27-21-9-7-17(13-20(21)23)8-10-22(26)24-14-19-16-25(11-12-28-19)15-18-5-3-2-4-6-18/h2-7,9,13,19H,8,10-12,14-16H2,1H3,(H,24,26). The highest BCUT2D eigenvalue weighted by Gasteiger charge is 2.21. The van der Waals surface area contributed by atoms with Gasteiger partial charge in [-0.3, -0.25) is 9.69 Å². The van der Waals surface area contributed by atoms with Crippen LogP contribution < -0.4 is 10.1 Å². The third-order valence-corrected chi connectivity index (χ3v) is 4.86. The Bertz CT molecular complexity index is 770. The topological polar surface area (TPSA) is 50.8 Å². The molecule has 2 aromatic rings. The average molecular weight is 386 g/mol. The number of nitrogens with zero attached hydrogens (tertiary/aromatic N) is 1. The molecule has 0 spiro atoms. The second-order valence-electron chi connectivity index (χ2n) is 6.99. The summed E-state index contributed by atoms with van der Waals surface area (Å²) in [5.74, 6) is -0.253. The van der Waals surface area contributed by atoms with E-state index in [4.69, 9.17) is 9.47 Å². The van der Waals surface area contributed by atoms with E-state index in [0.717, 1.165) is 25.2 Å². The Labute approximate surface area is 165 Å². The Balaban J connectivity index is 1.39. The Hall–Kier alpha value is -2.44. The van der Waals surface area contributed by atoms with Gasteiger partial charge in [0.05, 0.1) is 19.8 Å². The highest BCUT2D eigenvalue weighted by atomic mass is 19.1. The molecule has 3 rings (SSSR count). The maximum Gasteiger partial charge on any atom is 0.220 e. The van der Waals surface area contributed by atoms with E-state index in [-0.39, 0.29) is 17.8 Å². The zero-order valence-corrected chi connectivity index (χ0v) is 16.2. The molecule has 0 aromatic heterocycles. The third-order valence-electron chi connectivity index (χ3n) is 4.86. The number of aryl methyl sites for hydroxylation is 1. The lowest BCUT2D eigenvalue weighted by Crippen LogP contribution is -2.47. The number of methoxy groups -OCH3 is 1. The number of rotatable bonds is 8. The normalized spacial score (nSPS) is 17.3. The van der Waals surface area contributed by atoms with E-state index in [2.05, 4.69) is 22.3 Å². The van der Waals surface area contributed by atoms with E-state index in [1.54, 1.807) is 12.1 Å². The van der Waals surface area contributed by atoms with E-state index in [1.807, 2.05) is 18.2 Å². The summed E-state index contributed by atoms with van der Waals surface area (Å²) >= 11 is 0. The third kappa shape index (κ3) is 6.04. The monoisotopic (exact) mass is 386 g/mol. The van der Waals surface area contributed by atoms with Gasteiger partial charge in [0.15, 0.2) is 11.6 Å². The molecular formula is C22H27FN2O3. The van der Waals surface area contributed by atoms with Crippen LogP contribution in [0.4, 0.5) is 4.39 Å². The molecule has 2 aromatic carbocycles. The predicted molar refractivity (Wildman–Crippen MR) is 106 cm³/mol. The first kappa shape index (κ1) is 20.3. The van der Waals surface area contributed by atoms with Crippen molar-refractivity contribution in [2.24, 2.45) is 0 Å². The molecule has 1 atom stereocenters. The van der Waals surface area contributed by atoms with Crippen LogP contribution in [0.15, 0.2) is 48.5 Å². The molecule has 1 aliphatic heterocycles. The summed E-state index contributed by atoms with van der Waals surface area (Å²) in [4.78, 5) is 14.5. The summed E-state index contributed by atoms with van der Waals surface area (Å²) in [6.45, 7) is 3.72. The van der Waals surface area contributed by atoms with Gasteiger partial charge in [0.2, 0.25) is 5.91 Å². The van der Waals surface area contributed by atoms with Crippen molar-refractivity contribution in [3.8, 4) is 5.75 Å². The Morgan fingerprint density at radius 2 is 2.07 bits per heavy atom. The summed E-state index contributed by atoms with van der Waals surface area (Å²) in [7, 11) is 1.43. The van der Waals surface area contributed by atoms with Crippen molar-refractivity contribution in [3.05, 3.63) is 65.5 Å². The van der Waals surface area contributed by atoms with Gasteiger partial charge >= 0.3 is 0 Å². The van der Waals surface area contributed by atoms with Gasteiger partial charge in [-0.2, -0.15) is 0 Å². The molecule has 1 fully saturated rings. The lowest BCUT2D eigenvalue weighted by molar-refractivity contribution is -0.122. The van der Waals surface area contributed by atoms with Crippen LogP contribution in [0.2, 0.25) is 0 Å². The number of halogens is 1. The molecule has 28 heavy (non-hydrogen) atoms. The Morgan fingerprint density at radius 1 is 1.25 bits per heavy atom. The molecule has 5 nitrogen and oxygen atoms in total. The van der Waals surface area contributed by atoms with Crippen molar-refractivity contribution in [3.63, 3.8) is 0 Å². The van der Waals surface area contributed by atoms with E-state index >= 15 is 0 Å². The predicted octanol–water partition coefficient (Wildman–Crippen LogP) is 2.78. The first-order valence-corrected chi connectivity index (χ1v) is 9.61. The smallest absolute Gasteiger partial charge is 0.220 e. The molecule has 1 amide bonds. The molecule has 0 radical (unpaired) electrons. The molecule has 0 saturated carbocycles. The van der Waals surface area contributed by atoms with Crippen molar-refractivity contribution in [1.29, 1.82) is 0 Å². The van der Waals surface area contributed by atoms with Crippen LogP contribution in [0.3, 0.4) is 0 Å². The largest absolute Gasteiger partial charge is 0.494 e. The minimum absolute atomic E-state index is 0.0140. The SMILES string of the molecule is COc1ccc(CCC(=O)NCC2CN(Cc3ccccc3)CCO2)cc1F. The van der Waals surface area contributed by atoms with E-state index in [9.17, 15) is 9.18 Å². The number of carbonyl (C=O) groups is 1. The van der Waals surface area contributed by atoms with Crippen LogP contribution in [-0.2, 0) is 22.5 Å². The van der Waals surface area contributed by atoms with Crippen molar-refractivity contribution in [2.75, 3.05) is 33.4 Å². The first-order valence-electron chi connectivity index (χ1n) is 9.61. The summed E-state index contributed by atoms with van der Waals surface area (Å²) in [6, 6.07) is 15.1. The number of nitrogens with one attached hydrogen (secondary N) is 1. The number of morpholine rings is 1. The number of carbonyl (C=O) groups excluding carboxylic acids is 1. The molecule has 0 aliphatic carbocycles. The lowest BCUT2D eigenvalue weighted by atomic mass is 10.1. The first-order chi connectivity index (χ1) is 13.6. The summed E-state index contributed by atoms with van der Waals surface area (Å²) in [5, 5.41) is 2.94. The molecule has 1 unspecified atom stereocenters. The van der Waals surface area contributed by atoms with Crippen molar-refractivity contribution in [1.82, 2.24) is 10.2 Å². The Morgan fingerprint density at radius 3 is 2.82 bits per heavy atom. The summed E-state index contributed by atoms with van der Waals surface area (Å²) in [6.07, 6.45) is 0.782. The highest BCUT2D eigenvalue weighted by Crippen LogP contribution is 2.18. The molecule has 1 N–H and O–H groups in total. The number of hydrogen-bond donors (Lipinski definition) is 1. The van der Waals surface area contributed by atoms with Crippen LogP contribution in [-0.4, -0.2) is 50.3 Å². The number of amides is 1. The highest BCUT2D eigenvalue weighted by molar-refractivity contribution is 5.76. The lowest BCUT2D eigenvalue weighted by Gasteiger charge is -2.33. The Kier molecular flexibility index (Phi) is 7.39. The molecule has 1 aliphatic rings. The number of hydrogen-bond acceptors (Lipinski definition) is 4. The number of benzene rings is 2. The van der Waals surface area contributed by atoms with Crippen LogP contribution >= 0.6 is 0 Å². The molecule has 150 valence electrons. The van der Waals surface area contributed by atoms with Gasteiger partial charge in [-0.05, 0) is 29.7 Å². The fraction of sp³-hybridized carbons (Fsp3) is 0.409. The van der Waals surface area contributed by atoms with Gasteiger partial charge in [-0.25, -0.2) is 4.39 Å². The van der Waals surface area contributed by atoms with Gasteiger partial charge in [0.25, 0.3) is 0 Å². The second kappa shape index (κ2) is 10.2. The average Bonchev–Trinajstić information content (AvgIpc) is 2.72. The van der Waals surface area contributed by atoms with Crippen LogP contribution in [0, 0.1) is 5.82 Å². The zero-order valence-electron chi connectivity index (χ0n) is 16.2. The minimum Gasteiger partial charge on any atom is -0.494 e. The van der Waals surface area contributed by atoms with Gasteiger partial charge in [0, 0.05) is 32.6 Å². The van der Waals surface area contributed by atoms with Crippen LogP contribution in [0.5, 0.6) is 5.75 Å². The summed E-state index contributed by atoms with van der Waals surface area (Å²) < 4.78 is 24.4. The summed E-state index contributed by atoms with van der Waals surface area (Å²) in [5.41, 5.74) is 2.05. The van der Waals surface area contributed by atoms with E-state index in [1.165, 1.54) is 18.7 Å². The van der Waals surface area contributed by atoms with Gasteiger partial charge in [-0.15, -0.1) is 0 Å². The quantitative estimate of drug-likeness (QED) is 0.758. The van der Waals surface area contributed by atoms with Crippen molar-refractivity contribution < 1.29 is 18.7 Å². The maximum atomic E-state index is 13.7. The van der Waals surface area contributed by atoms with Gasteiger partial charge in [0.1, 0.15) is 0 Å². The van der Waals surface area contributed by atoms with Crippen LogP contribution in [0.25, 0.3) is 0 Å². The minimum atomic E-state index is -0.408. The van der Waals surface area contributed by atoms with E-state index in [0.29, 0.717) is 26.0 Å².